The lowest BCUT2D eigenvalue weighted by Gasteiger charge is -2.16. The lowest BCUT2D eigenvalue weighted by molar-refractivity contribution is -0.147. The number of rotatable bonds is 4. The molecule has 0 aromatic rings. The first kappa shape index (κ1) is 10.9. The fourth-order valence-electron chi connectivity index (χ4n) is 2.85. The molecular formula is C12H21NO2. The van der Waals surface area contributed by atoms with Gasteiger partial charge in [0.15, 0.2) is 0 Å². The van der Waals surface area contributed by atoms with E-state index in [0.29, 0.717) is 12.5 Å². The Balaban J connectivity index is 1.80. The highest BCUT2D eigenvalue weighted by molar-refractivity contribution is 5.76. The molecule has 1 saturated carbocycles. The van der Waals surface area contributed by atoms with E-state index in [4.69, 9.17) is 4.74 Å². The van der Waals surface area contributed by atoms with E-state index < -0.39 is 0 Å². The molecule has 0 aromatic heterocycles. The monoisotopic (exact) mass is 211 g/mol. The van der Waals surface area contributed by atoms with E-state index in [2.05, 4.69) is 12.2 Å². The number of carbonyl (C=O) groups is 1. The van der Waals surface area contributed by atoms with Crippen molar-refractivity contribution in [3.05, 3.63) is 0 Å². The van der Waals surface area contributed by atoms with Gasteiger partial charge in [-0.1, -0.05) is 19.8 Å². The molecule has 0 amide bonds. The zero-order valence-electron chi connectivity index (χ0n) is 9.50. The van der Waals surface area contributed by atoms with Crippen molar-refractivity contribution in [1.29, 1.82) is 0 Å². The molecule has 0 spiro atoms. The molecule has 3 atom stereocenters. The molecule has 2 rings (SSSR count). The van der Waals surface area contributed by atoms with E-state index in [1.807, 2.05) is 0 Å². The fraction of sp³-hybridized carbons (Fsp3) is 0.917. The van der Waals surface area contributed by atoms with Crippen molar-refractivity contribution < 1.29 is 9.53 Å². The van der Waals surface area contributed by atoms with Crippen LogP contribution in [0.4, 0.5) is 0 Å². The molecule has 0 aromatic carbocycles. The predicted octanol–water partition coefficient (Wildman–Crippen LogP) is 1.72. The van der Waals surface area contributed by atoms with Crippen LogP contribution in [0.3, 0.4) is 0 Å². The maximum absolute atomic E-state index is 11.8. The standard InChI is InChI=1S/C12H21NO2/c1-2-3-7-15-12(14)11-10-6-4-5-9(10)8-13-11/h9-11,13H,2-8H2,1H3. The first-order valence-corrected chi connectivity index (χ1v) is 6.23. The molecule has 86 valence electrons. The zero-order chi connectivity index (χ0) is 10.7. The Labute approximate surface area is 91.6 Å². The highest BCUT2D eigenvalue weighted by atomic mass is 16.5. The summed E-state index contributed by atoms with van der Waals surface area (Å²) in [6, 6.07) is -0.00523. The van der Waals surface area contributed by atoms with Gasteiger partial charge in [0.1, 0.15) is 6.04 Å². The minimum absolute atomic E-state index is 0.00523. The van der Waals surface area contributed by atoms with Crippen LogP contribution in [-0.2, 0) is 9.53 Å². The molecule has 1 aliphatic carbocycles. The third-order valence-corrected chi connectivity index (χ3v) is 3.74. The number of hydrogen-bond acceptors (Lipinski definition) is 3. The lowest BCUT2D eigenvalue weighted by atomic mass is 9.94. The van der Waals surface area contributed by atoms with Crippen LogP contribution in [0.15, 0.2) is 0 Å². The van der Waals surface area contributed by atoms with E-state index in [9.17, 15) is 4.79 Å². The average molecular weight is 211 g/mol. The Morgan fingerprint density at radius 1 is 1.47 bits per heavy atom. The second-order valence-corrected chi connectivity index (χ2v) is 4.76. The van der Waals surface area contributed by atoms with Crippen LogP contribution in [-0.4, -0.2) is 25.2 Å². The molecule has 3 nitrogen and oxygen atoms in total. The van der Waals surface area contributed by atoms with Gasteiger partial charge in [-0.3, -0.25) is 4.79 Å². The van der Waals surface area contributed by atoms with Gasteiger partial charge in [-0.2, -0.15) is 0 Å². The van der Waals surface area contributed by atoms with Gasteiger partial charge < -0.3 is 10.1 Å². The second kappa shape index (κ2) is 4.97. The Hall–Kier alpha value is -0.570. The molecule has 1 saturated heterocycles. The fourth-order valence-corrected chi connectivity index (χ4v) is 2.85. The number of hydrogen-bond donors (Lipinski definition) is 1. The number of unbranched alkanes of at least 4 members (excludes halogenated alkanes) is 1. The van der Waals surface area contributed by atoms with E-state index in [0.717, 1.165) is 25.3 Å². The van der Waals surface area contributed by atoms with Gasteiger partial charge in [0, 0.05) is 0 Å². The Morgan fingerprint density at radius 2 is 2.33 bits per heavy atom. The van der Waals surface area contributed by atoms with E-state index >= 15 is 0 Å². The van der Waals surface area contributed by atoms with E-state index in [-0.39, 0.29) is 12.0 Å². The molecule has 15 heavy (non-hydrogen) atoms. The molecular weight excluding hydrogens is 190 g/mol. The van der Waals surface area contributed by atoms with Gasteiger partial charge in [0.2, 0.25) is 0 Å². The highest BCUT2D eigenvalue weighted by Gasteiger charge is 2.43. The summed E-state index contributed by atoms with van der Waals surface area (Å²) in [4.78, 5) is 11.8. The summed E-state index contributed by atoms with van der Waals surface area (Å²) < 4.78 is 5.27. The van der Waals surface area contributed by atoms with Crippen molar-refractivity contribution in [3.63, 3.8) is 0 Å². The van der Waals surface area contributed by atoms with Crippen molar-refractivity contribution >= 4 is 5.97 Å². The maximum Gasteiger partial charge on any atom is 0.323 e. The smallest absolute Gasteiger partial charge is 0.323 e. The molecule has 0 radical (unpaired) electrons. The van der Waals surface area contributed by atoms with Crippen LogP contribution in [0.25, 0.3) is 0 Å². The molecule has 1 aliphatic heterocycles. The summed E-state index contributed by atoms with van der Waals surface area (Å²) in [7, 11) is 0. The van der Waals surface area contributed by atoms with Crippen molar-refractivity contribution in [2.24, 2.45) is 11.8 Å². The molecule has 1 heterocycles. The Kier molecular flexibility index (Phi) is 3.62. The van der Waals surface area contributed by atoms with Crippen LogP contribution in [0.2, 0.25) is 0 Å². The van der Waals surface area contributed by atoms with Crippen LogP contribution in [0.5, 0.6) is 0 Å². The molecule has 2 fully saturated rings. The van der Waals surface area contributed by atoms with Crippen LogP contribution in [0, 0.1) is 11.8 Å². The van der Waals surface area contributed by atoms with E-state index in [1.54, 1.807) is 0 Å². The van der Waals surface area contributed by atoms with Crippen LogP contribution in [0.1, 0.15) is 39.0 Å². The van der Waals surface area contributed by atoms with E-state index in [1.165, 1.54) is 19.3 Å². The van der Waals surface area contributed by atoms with Gasteiger partial charge in [0.05, 0.1) is 6.61 Å². The summed E-state index contributed by atoms with van der Waals surface area (Å²) in [5.41, 5.74) is 0. The molecule has 3 unspecified atom stereocenters. The number of fused-ring (bicyclic) bond motifs is 1. The van der Waals surface area contributed by atoms with Crippen LogP contribution < -0.4 is 5.32 Å². The van der Waals surface area contributed by atoms with Gasteiger partial charge in [0.25, 0.3) is 0 Å². The van der Waals surface area contributed by atoms with Crippen LogP contribution >= 0.6 is 0 Å². The highest BCUT2D eigenvalue weighted by Crippen LogP contribution is 2.37. The Morgan fingerprint density at radius 3 is 3.13 bits per heavy atom. The largest absolute Gasteiger partial charge is 0.465 e. The van der Waals surface area contributed by atoms with Gasteiger partial charge in [-0.25, -0.2) is 0 Å². The molecule has 0 bridgehead atoms. The molecule has 2 aliphatic rings. The lowest BCUT2D eigenvalue weighted by Crippen LogP contribution is -2.37. The first-order chi connectivity index (χ1) is 7.33. The zero-order valence-corrected chi connectivity index (χ0v) is 9.50. The summed E-state index contributed by atoms with van der Waals surface area (Å²) in [6.45, 7) is 3.71. The summed E-state index contributed by atoms with van der Waals surface area (Å²) in [6.07, 6.45) is 5.83. The SMILES string of the molecule is CCCCOC(=O)C1NCC2CCCC21. The van der Waals surface area contributed by atoms with Crippen molar-refractivity contribution in [3.8, 4) is 0 Å². The number of esters is 1. The van der Waals surface area contributed by atoms with Crippen molar-refractivity contribution in [1.82, 2.24) is 5.32 Å². The average Bonchev–Trinajstić information content (AvgIpc) is 2.78. The van der Waals surface area contributed by atoms with Gasteiger partial charge in [-0.05, 0) is 37.6 Å². The third kappa shape index (κ3) is 2.33. The Bertz CT molecular complexity index is 230. The van der Waals surface area contributed by atoms with Crippen molar-refractivity contribution in [2.75, 3.05) is 13.2 Å². The quantitative estimate of drug-likeness (QED) is 0.568. The summed E-state index contributed by atoms with van der Waals surface area (Å²) in [5.74, 6) is 1.27. The van der Waals surface area contributed by atoms with Crippen molar-refractivity contribution in [2.45, 2.75) is 45.1 Å². The topological polar surface area (TPSA) is 38.3 Å². The normalized spacial score (nSPS) is 34.1. The first-order valence-electron chi connectivity index (χ1n) is 6.23. The summed E-state index contributed by atoms with van der Waals surface area (Å²) >= 11 is 0. The number of nitrogens with one attached hydrogen (secondary N) is 1. The van der Waals surface area contributed by atoms with Gasteiger partial charge >= 0.3 is 5.97 Å². The molecule has 3 heteroatoms. The number of carbonyl (C=O) groups excluding carboxylic acids is 1. The third-order valence-electron chi connectivity index (χ3n) is 3.74. The van der Waals surface area contributed by atoms with Gasteiger partial charge in [-0.15, -0.1) is 0 Å². The predicted molar refractivity (Wildman–Crippen MR) is 58.5 cm³/mol. The second-order valence-electron chi connectivity index (χ2n) is 4.76. The minimum atomic E-state index is -0.0159. The minimum Gasteiger partial charge on any atom is -0.465 e. The maximum atomic E-state index is 11.8. The summed E-state index contributed by atoms with van der Waals surface area (Å²) in [5, 5.41) is 3.31. The number of ether oxygens (including phenoxy) is 1. The molecule has 1 N–H and O–H groups in total.